The van der Waals surface area contributed by atoms with E-state index in [0.29, 0.717) is 24.6 Å². The summed E-state index contributed by atoms with van der Waals surface area (Å²) in [4.78, 5) is 16.6. The fraction of sp³-hybridized carbons (Fsp3) is 0.200. The molecular weight excluding hydrogens is 336 g/mol. The number of alkyl halides is 1. The number of ether oxygens (including phenoxy) is 1. The maximum absolute atomic E-state index is 12.4. The molecule has 0 aliphatic rings. The molecule has 0 unspecified atom stereocenters. The molecule has 0 aliphatic heterocycles. The van der Waals surface area contributed by atoms with Gasteiger partial charge in [-0.1, -0.05) is 18.2 Å². The van der Waals surface area contributed by atoms with Gasteiger partial charge in [0.15, 0.2) is 0 Å². The first-order valence-corrected chi connectivity index (χ1v) is 8.70. The molecule has 0 radical (unpaired) electrons. The maximum Gasteiger partial charge on any atom is 0.251 e. The average Bonchev–Trinajstić information content (AvgIpc) is 2.66. The third-order valence-corrected chi connectivity index (χ3v) is 4.03. The molecular formula is C20H19ClN2O2. The van der Waals surface area contributed by atoms with Crippen molar-refractivity contribution in [1.82, 2.24) is 10.3 Å². The summed E-state index contributed by atoms with van der Waals surface area (Å²) in [6, 6.07) is 17.0. The molecule has 0 saturated carbocycles. The Morgan fingerprint density at radius 3 is 2.92 bits per heavy atom. The summed E-state index contributed by atoms with van der Waals surface area (Å²) in [5.74, 6) is 1.25. The zero-order valence-corrected chi connectivity index (χ0v) is 14.5. The summed E-state index contributed by atoms with van der Waals surface area (Å²) in [5, 5.41) is 3.89. The number of nitrogens with one attached hydrogen (secondary N) is 1. The van der Waals surface area contributed by atoms with Gasteiger partial charge >= 0.3 is 0 Å². The molecule has 1 amide bonds. The smallest absolute Gasteiger partial charge is 0.251 e. The Kier molecular flexibility index (Phi) is 5.86. The molecule has 2 aromatic carbocycles. The Morgan fingerprint density at radius 1 is 1.12 bits per heavy atom. The van der Waals surface area contributed by atoms with Gasteiger partial charge in [-0.05, 0) is 48.4 Å². The largest absolute Gasteiger partial charge is 0.494 e. The van der Waals surface area contributed by atoms with Crippen molar-refractivity contribution in [3.05, 3.63) is 71.9 Å². The van der Waals surface area contributed by atoms with Crippen LogP contribution in [-0.4, -0.2) is 23.4 Å². The molecule has 0 fully saturated rings. The number of fused-ring (bicyclic) bond motifs is 1. The van der Waals surface area contributed by atoms with Crippen LogP contribution in [0, 0.1) is 0 Å². The van der Waals surface area contributed by atoms with E-state index in [-0.39, 0.29) is 5.91 Å². The van der Waals surface area contributed by atoms with Gasteiger partial charge in [-0.2, -0.15) is 0 Å². The second kappa shape index (κ2) is 8.49. The van der Waals surface area contributed by atoms with E-state index in [4.69, 9.17) is 16.3 Å². The number of hydrogen-bond donors (Lipinski definition) is 1. The summed E-state index contributed by atoms with van der Waals surface area (Å²) in [5.41, 5.74) is 2.48. The quantitative estimate of drug-likeness (QED) is 0.511. The number of amides is 1. The Labute approximate surface area is 151 Å². The number of pyridine rings is 1. The minimum absolute atomic E-state index is 0.112. The Bertz CT molecular complexity index is 867. The van der Waals surface area contributed by atoms with Crippen LogP contribution in [-0.2, 0) is 6.54 Å². The van der Waals surface area contributed by atoms with Crippen LogP contribution in [0.1, 0.15) is 22.3 Å². The summed E-state index contributed by atoms with van der Waals surface area (Å²) < 4.78 is 5.62. The number of carbonyl (C=O) groups is 1. The van der Waals surface area contributed by atoms with Crippen molar-refractivity contribution in [2.45, 2.75) is 13.0 Å². The predicted molar refractivity (Wildman–Crippen MR) is 100 cm³/mol. The summed E-state index contributed by atoms with van der Waals surface area (Å²) in [7, 11) is 0. The molecule has 0 saturated heterocycles. The lowest BCUT2D eigenvalue weighted by atomic mass is 10.1. The summed E-state index contributed by atoms with van der Waals surface area (Å²) in [6.07, 6.45) is 2.55. The topological polar surface area (TPSA) is 51.2 Å². The van der Waals surface area contributed by atoms with Crippen LogP contribution in [0.15, 0.2) is 60.8 Å². The molecule has 0 spiro atoms. The van der Waals surface area contributed by atoms with Crippen LogP contribution in [0.3, 0.4) is 0 Å². The van der Waals surface area contributed by atoms with Crippen LogP contribution in [0.5, 0.6) is 5.75 Å². The molecule has 128 valence electrons. The highest BCUT2D eigenvalue weighted by Crippen LogP contribution is 2.15. The van der Waals surface area contributed by atoms with E-state index in [2.05, 4.69) is 10.3 Å². The van der Waals surface area contributed by atoms with Crippen molar-refractivity contribution >= 4 is 28.4 Å². The number of rotatable bonds is 7. The lowest BCUT2D eigenvalue weighted by molar-refractivity contribution is 0.0951. The number of halogens is 1. The molecule has 0 bridgehead atoms. The normalized spacial score (nSPS) is 10.6. The fourth-order valence-electron chi connectivity index (χ4n) is 2.49. The lowest BCUT2D eigenvalue weighted by Crippen LogP contribution is -2.22. The Morgan fingerprint density at radius 2 is 2.04 bits per heavy atom. The van der Waals surface area contributed by atoms with Gasteiger partial charge < -0.3 is 10.1 Å². The average molecular weight is 355 g/mol. The van der Waals surface area contributed by atoms with Crippen LogP contribution < -0.4 is 10.1 Å². The lowest BCUT2D eigenvalue weighted by Gasteiger charge is -2.09. The Hall–Kier alpha value is -2.59. The van der Waals surface area contributed by atoms with Crippen molar-refractivity contribution in [1.29, 1.82) is 0 Å². The number of benzene rings is 2. The minimum atomic E-state index is -0.112. The van der Waals surface area contributed by atoms with Gasteiger partial charge in [0.1, 0.15) is 5.75 Å². The van der Waals surface area contributed by atoms with E-state index in [9.17, 15) is 4.79 Å². The highest BCUT2D eigenvalue weighted by atomic mass is 35.5. The number of nitrogens with zero attached hydrogens (tertiary/aromatic N) is 1. The third-order valence-electron chi connectivity index (χ3n) is 3.76. The van der Waals surface area contributed by atoms with Crippen molar-refractivity contribution < 1.29 is 9.53 Å². The van der Waals surface area contributed by atoms with Gasteiger partial charge in [-0.25, -0.2) is 0 Å². The molecule has 3 rings (SSSR count). The SMILES string of the molecule is O=C(NCc1cccc(OCCCCl)c1)c1ccc2ncccc2c1. The van der Waals surface area contributed by atoms with Gasteiger partial charge in [0.25, 0.3) is 5.91 Å². The first kappa shape index (κ1) is 17.2. The second-order valence-corrected chi connectivity index (χ2v) is 6.01. The van der Waals surface area contributed by atoms with Gasteiger partial charge in [-0.3, -0.25) is 9.78 Å². The number of aromatic nitrogens is 1. The third kappa shape index (κ3) is 4.70. The number of carbonyl (C=O) groups excluding carboxylic acids is 1. The molecule has 1 aromatic heterocycles. The summed E-state index contributed by atoms with van der Waals surface area (Å²) in [6.45, 7) is 1.03. The molecule has 5 heteroatoms. The van der Waals surface area contributed by atoms with Crippen LogP contribution >= 0.6 is 11.6 Å². The molecule has 0 atom stereocenters. The maximum atomic E-state index is 12.4. The van der Waals surface area contributed by atoms with Gasteiger partial charge in [-0.15, -0.1) is 11.6 Å². The molecule has 4 nitrogen and oxygen atoms in total. The molecule has 3 aromatic rings. The van der Waals surface area contributed by atoms with Gasteiger partial charge in [0.2, 0.25) is 0 Å². The molecule has 25 heavy (non-hydrogen) atoms. The zero-order chi connectivity index (χ0) is 17.5. The van der Waals surface area contributed by atoms with E-state index >= 15 is 0 Å². The van der Waals surface area contributed by atoms with Crippen LogP contribution in [0.4, 0.5) is 0 Å². The zero-order valence-electron chi connectivity index (χ0n) is 13.7. The fourth-order valence-corrected chi connectivity index (χ4v) is 2.60. The van der Waals surface area contributed by atoms with Gasteiger partial charge in [0, 0.05) is 29.6 Å². The predicted octanol–water partition coefficient (Wildman–Crippen LogP) is 4.17. The first-order chi connectivity index (χ1) is 12.3. The summed E-state index contributed by atoms with van der Waals surface area (Å²) >= 11 is 5.65. The van der Waals surface area contributed by atoms with Crippen LogP contribution in [0.2, 0.25) is 0 Å². The first-order valence-electron chi connectivity index (χ1n) is 8.17. The monoisotopic (exact) mass is 354 g/mol. The molecule has 0 aliphatic carbocycles. The molecule has 1 heterocycles. The van der Waals surface area contributed by atoms with Crippen molar-refractivity contribution in [3.63, 3.8) is 0 Å². The van der Waals surface area contributed by atoms with Crippen LogP contribution in [0.25, 0.3) is 10.9 Å². The highest BCUT2D eigenvalue weighted by molar-refractivity contribution is 6.17. The minimum Gasteiger partial charge on any atom is -0.494 e. The molecule has 1 N–H and O–H groups in total. The van der Waals surface area contributed by atoms with Gasteiger partial charge in [0.05, 0.1) is 12.1 Å². The number of hydrogen-bond acceptors (Lipinski definition) is 3. The van der Waals surface area contributed by atoms with Crippen molar-refractivity contribution in [2.75, 3.05) is 12.5 Å². The standard InChI is InChI=1S/C20H19ClN2O2/c21-9-3-11-25-18-6-1-4-15(12-18)14-23-20(24)17-7-8-19-16(13-17)5-2-10-22-19/h1-2,4-8,10,12-13H,3,9,11,14H2,(H,23,24). The Balaban J connectivity index is 1.62. The van der Waals surface area contributed by atoms with E-state index < -0.39 is 0 Å². The second-order valence-electron chi connectivity index (χ2n) is 5.63. The van der Waals surface area contributed by atoms with E-state index in [1.807, 2.05) is 48.5 Å². The van der Waals surface area contributed by atoms with E-state index in [0.717, 1.165) is 28.6 Å². The van der Waals surface area contributed by atoms with E-state index in [1.54, 1.807) is 12.3 Å². The highest BCUT2D eigenvalue weighted by Gasteiger charge is 2.07. The van der Waals surface area contributed by atoms with Crippen molar-refractivity contribution in [2.24, 2.45) is 0 Å². The van der Waals surface area contributed by atoms with E-state index in [1.165, 1.54) is 0 Å². The van der Waals surface area contributed by atoms with Crippen molar-refractivity contribution in [3.8, 4) is 5.75 Å².